The summed E-state index contributed by atoms with van der Waals surface area (Å²) in [4.78, 5) is 10.5. The number of carboxylic acids is 1. The lowest BCUT2D eigenvalue weighted by Crippen LogP contribution is -2.11. The van der Waals surface area contributed by atoms with Crippen LogP contribution in [0.4, 0.5) is 28.4 Å². The third kappa shape index (κ3) is 5.65. The number of phenols is 1. The maximum absolute atomic E-state index is 12.5. The Balaban J connectivity index is 1.78. The molecule has 0 bridgehead atoms. The topological polar surface area (TPSA) is 221 Å². The fourth-order valence-corrected chi connectivity index (χ4v) is 4.35. The van der Waals surface area contributed by atoms with E-state index in [4.69, 9.17) is 26.2 Å². The summed E-state index contributed by atoms with van der Waals surface area (Å²) in [5.74, 6) is 3.75. The van der Waals surface area contributed by atoms with Crippen molar-refractivity contribution in [3.63, 3.8) is 0 Å². The number of ether oxygens (including phenoxy) is 2. The Morgan fingerprint density at radius 3 is 2.00 bits per heavy atom. The normalized spacial score (nSPS) is 11.9. The van der Waals surface area contributed by atoms with Gasteiger partial charge in [-0.3, -0.25) is 0 Å². The largest absolute Gasteiger partial charge is 0.505 e. The highest BCUT2D eigenvalue weighted by atomic mass is 32.2. The van der Waals surface area contributed by atoms with Crippen LogP contribution in [0.5, 0.6) is 17.2 Å². The predicted octanol–water partition coefficient (Wildman–Crippen LogP) is 5.25. The quantitative estimate of drug-likeness (QED) is 0.117. The molecular formula is C25H22N6O8S. The van der Waals surface area contributed by atoms with E-state index in [1.165, 1.54) is 74.9 Å². The smallest absolute Gasteiger partial charge is 0.335 e. The lowest BCUT2D eigenvalue weighted by atomic mass is 10.1. The van der Waals surface area contributed by atoms with Gasteiger partial charge in [-0.05, 0) is 47.9 Å². The lowest BCUT2D eigenvalue weighted by Gasteiger charge is -2.11. The van der Waals surface area contributed by atoms with Crippen LogP contribution in [0.25, 0.3) is 10.8 Å². The predicted molar refractivity (Wildman–Crippen MR) is 144 cm³/mol. The Hall–Kier alpha value is -5.12. The van der Waals surface area contributed by atoms with Gasteiger partial charge >= 0.3 is 16.1 Å². The molecule has 0 unspecified atom stereocenters. The second kappa shape index (κ2) is 11.3. The van der Waals surface area contributed by atoms with Gasteiger partial charge in [0.1, 0.15) is 33.5 Å². The van der Waals surface area contributed by atoms with Gasteiger partial charge in [-0.25, -0.2) is 4.79 Å². The molecule has 0 aliphatic carbocycles. The first-order chi connectivity index (χ1) is 19.1. The van der Waals surface area contributed by atoms with Crippen LogP contribution >= 0.6 is 0 Å². The minimum absolute atomic E-state index is 0.0909. The first kappa shape index (κ1) is 27.9. The number of azo groups is 2. The molecule has 14 nitrogen and oxygen atoms in total. The van der Waals surface area contributed by atoms with E-state index in [0.29, 0.717) is 16.8 Å². The third-order valence-electron chi connectivity index (χ3n) is 5.60. The van der Waals surface area contributed by atoms with Crippen LogP contribution in [-0.4, -0.2) is 38.8 Å². The molecule has 0 amide bonds. The summed E-state index contributed by atoms with van der Waals surface area (Å²) < 4.78 is 40.0. The maximum atomic E-state index is 12.5. The molecule has 206 valence electrons. The van der Waals surface area contributed by atoms with Gasteiger partial charge in [0.05, 0.1) is 25.5 Å². The number of phenolic OH excluding ortho intramolecular Hbond substituents is 1. The van der Waals surface area contributed by atoms with Crippen LogP contribution in [0.2, 0.25) is 0 Å². The highest BCUT2D eigenvalue weighted by molar-refractivity contribution is 7.86. The zero-order chi connectivity index (χ0) is 29.0. The number of nitrogens with zero attached hydrogens (tertiary/aromatic N) is 4. The molecule has 0 spiro atoms. The minimum atomic E-state index is -4.52. The van der Waals surface area contributed by atoms with Crippen LogP contribution in [0.3, 0.4) is 0 Å². The number of hydrogen-bond donors (Lipinski definition) is 4. The summed E-state index contributed by atoms with van der Waals surface area (Å²) in [6.07, 6.45) is 0. The zero-order valence-electron chi connectivity index (χ0n) is 21.0. The maximum Gasteiger partial charge on any atom is 0.335 e. The Morgan fingerprint density at radius 1 is 0.850 bits per heavy atom. The average Bonchev–Trinajstić information content (AvgIpc) is 2.95. The molecule has 0 heterocycles. The number of methoxy groups -OCH3 is 2. The molecule has 4 aromatic carbocycles. The molecule has 0 radical (unpaired) electrons. The Labute approximate surface area is 227 Å². The number of nitrogen functional groups attached to an aromatic ring is 1. The molecule has 0 aliphatic heterocycles. The van der Waals surface area contributed by atoms with E-state index >= 15 is 0 Å². The van der Waals surface area contributed by atoms with Gasteiger partial charge in [0.15, 0.2) is 5.75 Å². The van der Waals surface area contributed by atoms with Crippen molar-refractivity contribution in [2.45, 2.75) is 4.90 Å². The minimum Gasteiger partial charge on any atom is -0.505 e. The van der Waals surface area contributed by atoms with Gasteiger partial charge in [-0.2, -0.15) is 23.7 Å². The van der Waals surface area contributed by atoms with Crippen molar-refractivity contribution in [2.75, 3.05) is 20.0 Å². The summed E-state index contributed by atoms with van der Waals surface area (Å²) in [7, 11) is -1.77. The standard InChI is InChI=1S/C25H22N6O8S/c1-37-20-12-19(21(38-2)11-18(20)29-28-16-7-4-13(5-8-16)25(33)34)30-31-23-22(40(35,36)39-27)9-14-3-6-15(26)10-17(14)24(23)32/h3-12,32H,26-27H2,1-2H3,(H,33,34). The van der Waals surface area contributed by atoms with Crippen LogP contribution in [0, 0.1) is 0 Å². The van der Waals surface area contributed by atoms with E-state index in [9.17, 15) is 18.3 Å². The fraction of sp³-hybridized carbons (Fsp3) is 0.0800. The first-order valence-electron chi connectivity index (χ1n) is 11.2. The van der Waals surface area contributed by atoms with Crippen molar-refractivity contribution in [1.29, 1.82) is 0 Å². The van der Waals surface area contributed by atoms with Crippen molar-refractivity contribution in [2.24, 2.45) is 26.4 Å². The summed E-state index contributed by atoms with van der Waals surface area (Å²) in [6.45, 7) is 0. The van der Waals surface area contributed by atoms with E-state index in [0.717, 1.165) is 0 Å². The molecule has 0 atom stereocenters. The number of nitrogens with two attached hydrogens (primary N) is 2. The van der Waals surface area contributed by atoms with Gasteiger partial charge in [0, 0.05) is 23.2 Å². The van der Waals surface area contributed by atoms with E-state index in [1.807, 2.05) is 0 Å². The van der Waals surface area contributed by atoms with Crippen LogP contribution in [-0.2, 0) is 14.4 Å². The summed E-state index contributed by atoms with van der Waals surface area (Å²) in [6, 6.07) is 14.3. The Kier molecular flexibility index (Phi) is 7.90. The molecule has 0 saturated carbocycles. The van der Waals surface area contributed by atoms with Gasteiger partial charge in [-0.1, -0.05) is 6.07 Å². The van der Waals surface area contributed by atoms with Crippen molar-refractivity contribution in [1.82, 2.24) is 0 Å². The molecule has 0 aliphatic rings. The lowest BCUT2D eigenvalue weighted by molar-refractivity contribution is 0.0697. The van der Waals surface area contributed by atoms with Gasteiger partial charge in [0.25, 0.3) is 0 Å². The first-order valence-corrected chi connectivity index (χ1v) is 12.6. The van der Waals surface area contributed by atoms with Crippen molar-refractivity contribution in [3.05, 3.63) is 66.2 Å². The third-order valence-corrected chi connectivity index (χ3v) is 6.70. The van der Waals surface area contributed by atoms with Crippen molar-refractivity contribution < 1.29 is 37.2 Å². The number of carboxylic acid groups (broad SMARTS) is 1. The van der Waals surface area contributed by atoms with Crippen molar-refractivity contribution >= 4 is 55.3 Å². The van der Waals surface area contributed by atoms with Gasteiger partial charge in [0.2, 0.25) is 0 Å². The van der Waals surface area contributed by atoms with Crippen molar-refractivity contribution in [3.8, 4) is 17.2 Å². The number of benzene rings is 4. The number of hydrogen-bond acceptors (Lipinski definition) is 13. The van der Waals surface area contributed by atoms with Gasteiger partial charge < -0.3 is 25.4 Å². The SMILES string of the molecule is COc1cc(N=Nc2c(S(=O)(=O)ON)cc3ccc(N)cc3c2O)c(OC)cc1N=Nc1ccc(C(=O)O)cc1. The number of fused-ring (bicyclic) bond motifs is 1. The summed E-state index contributed by atoms with van der Waals surface area (Å²) in [5, 5.41) is 36.8. The number of aromatic hydroxyl groups is 1. The highest BCUT2D eigenvalue weighted by Crippen LogP contribution is 2.45. The number of aromatic carboxylic acids is 1. The molecule has 15 heteroatoms. The molecule has 0 saturated heterocycles. The molecular weight excluding hydrogens is 544 g/mol. The number of anilines is 1. The van der Waals surface area contributed by atoms with E-state index in [-0.39, 0.29) is 33.8 Å². The monoisotopic (exact) mass is 566 g/mol. The summed E-state index contributed by atoms with van der Waals surface area (Å²) in [5.41, 5.74) is 6.52. The second-order valence-corrected chi connectivity index (χ2v) is 9.59. The zero-order valence-corrected chi connectivity index (χ0v) is 21.8. The number of rotatable bonds is 9. The molecule has 40 heavy (non-hydrogen) atoms. The van der Waals surface area contributed by atoms with E-state index < -0.39 is 32.4 Å². The fourth-order valence-electron chi connectivity index (χ4n) is 3.61. The second-order valence-electron chi connectivity index (χ2n) is 8.05. The Bertz CT molecular complexity index is 1770. The molecule has 0 fully saturated rings. The molecule has 6 N–H and O–H groups in total. The average molecular weight is 567 g/mol. The van der Waals surface area contributed by atoms with E-state index in [1.54, 1.807) is 0 Å². The molecule has 4 rings (SSSR count). The van der Waals surface area contributed by atoms with Crippen LogP contribution in [0.15, 0.2) is 86.0 Å². The Morgan fingerprint density at radius 2 is 1.45 bits per heavy atom. The summed E-state index contributed by atoms with van der Waals surface area (Å²) >= 11 is 0. The van der Waals surface area contributed by atoms with E-state index in [2.05, 4.69) is 24.7 Å². The number of carbonyl (C=O) groups is 1. The molecule has 0 aromatic heterocycles. The van der Waals surface area contributed by atoms with Crippen LogP contribution in [0.1, 0.15) is 10.4 Å². The van der Waals surface area contributed by atoms with Gasteiger partial charge in [-0.15, -0.1) is 15.3 Å². The molecule has 4 aromatic rings. The van der Waals surface area contributed by atoms with Crippen LogP contribution < -0.4 is 21.1 Å². The highest BCUT2D eigenvalue weighted by Gasteiger charge is 2.25.